The second-order valence-corrected chi connectivity index (χ2v) is 3.90. The molecule has 0 saturated heterocycles. The van der Waals surface area contributed by atoms with Gasteiger partial charge in [-0.3, -0.25) is 0 Å². The van der Waals surface area contributed by atoms with E-state index in [2.05, 4.69) is 0 Å². The van der Waals surface area contributed by atoms with Crippen LogP contribution < -0.4 is 0 Å². The number of nitrogens with zero attached hydrogens (tertiary/aromatic N) is 1. The van der Waals surface area contributed by atoms with Crippen molar-refractivity contribution in [2.24, 2.45) is 0 Å². The molecule has 1 rings (SSSR count). The molecule has 0 amide bonds. The van der Waals surface area contributed by atoms with E-state index in [1.807, 2.05) is 0 Å². The fourth-order valence-corrected chi connectivity index (χ4v) is 1.56. The Morgan fingerprint density at radius 3 is 2.33 bits per heavy atom. The van der Waals surface area contributed by atoms with Crippen LogP contribution in [0.1, 0.15) is 0 Å². The zero-order valence-corrected chi connectivity index (χ0v) is 6.95. The topological polar surface area (TPSA) is 57.9 Å². The fraction of sp³-hybridized carbons (Fsp3) is 0. The first-order valence-corrected chi connectivity index (χ1v) is 4.74. The molecule has 0 fully saturated rings. The summed E-state index contributed by atoms with van der Waals surface area (Å²) in [4.78, 5) is 0.145. The second kappa shape index (κ2) is 3.37. The first-order valence-electron chi connectivity index (χ1n) is 3.20. The average Bonchev–Trinajstić information content (AvgIpc) is 2.06. The van der Waals surface area contributed by atoms with Crippen LogP contribution in [0.3, 0.4) is 0 Å². The van der Waals surface area contributed by atoms with Gasteiger partial charge in [-0.15, -0.1) is 0 Å². The third-order valence-corrected chi connectivity index (χ3v) is 2.62. The summed E-state index contributed by atoms with van der Waals surface area (Å²) in [5.74, 6) is 0.627. The molecular weight excluding hydrogens is 174 g/mol. The fourth-order valence-electron chi connectivity index (χ4n) is 0.748. The first-order chi connectivity index (χ1) is 5.67. The van der Waals surface area contributed by atoms with Crippen molar-refractivity contribution in [3.05, 3.63) is 36.1 Å². The molecule has 61 valence electrons. The van der Waals surface area contributed by atoms with Gasteiger partial charge in [0, 0.05) is 0 Å². The van der Waals surface area contributed by atoms with Gasteiger partial charge in [0.2, 0.25) is 0 Å². The average molecular weight is 180 g/mol. The molecule has 0 spiro atoms. The van der Waals surface area contributed by atoms with Crippen LogP contribution in [0.5, 0.6) is 0 Å². The van der Waals surface area contributed by atoms with Gasteiger partial charge >= 0.3 is 0 Å². The summed E-state index contributed by atoms with van der Waals surface area (Å²) < 4.78 is 22.3. The number of nitriles is 1. The van der Waals surface area contributed by atoms with E-state index in [1.165, 1.54) is 18.2 Å². The number of hydrogen-bond acceptors (Lipinski definition) is 3. The molecule has 0 saturated carbocycles. The Kier molecular flexibility index (Phi) is 2.46. The minimum absolute atomic E-state index is 0.145. The van der Waals surface area contributed by atoms with Gasteiger partial charge in [-0.2, -0.15) is 5.26 Å². The summed E-state index contributed by atoms with van der Waals surface area (Å²) in [5.41, 5.74) is 0. The van der Waals surface area contributed by atoms with Gasteiger partial charge in [0.05, 0.1) is 11.0 Å². The number of hydrogen-bond donors (Lipinski definition) is 0. The van der Waals surface area contributed by atoms with Crippen molar-refractivity contribution < 1.29 is 8.42 Å². The minimum atomic E-state index is -3.50. The molecule has 0 aliphatic rings. The van der Waals surface area contributed by atoms with E-state index in [0.717, 1.165) is 0 Å². The highest BCUT2D eigenvalue weighted by atomic mass is 32.2. The van der Waals surface area contributed by atoms with Gasteiger partial charge in [0.1, 0.15) is 0 Å². The molecule has 0 aliphatic heterocycles. The maximum absolute atomic E-state index is 11.2. The number of sulfone groups is 1. The van der Waals surface area contributed by atoms with Crippen molar-refractivity contribution in [1.82, 2.24) is 0 Å². The Bertz CT molecular complexity index is 389. The normalized spacial score (nSPS) is 10.6. The molecule has 0 aliphatic carbocycles. The Labute approximate surface area is 71.2 Å². The SMILES string of the molecule is N#C[CH]S(=O)(=O)c1ccccc1. The maximum Gasteiger partial charge on any atom is 0.196 e. The third-order valence-electron chi connectivity index (χ3n) is 1.28. The van der Waals surface area contributed by atoms with Crippen LogP contribution in [0.15, 0.2) is 35.2 Å². The molecule has 12 heavy (non-hydrogen) atoms. The van der Waals surface area contributed by atoms with Gasteiger partial charge in [0.15, 0.2) is 15.6 Å². The minimum Gasteiger partial charge on any atom is -0.222 e. The van der Waals surface area contributed by atoms with E-state index in [4.69, 9.17) is 5.26 Å². The predicted octanol–water partition coefficient (Wildman–Crippen LogP) is 1.15. The van der Waals surface area contributed by atoms with E-state index < -0.39 is 9.84 Å². The summed E-state index contributed by atoms with van der Waals surface area (Å²) >= 11 is 0. The van der Waals surface area contributed by atoms with Crippen molar-refractivity contribution in [2.75, 3.05) is 0 Å². The van der Waals surface area contributed by atoms with Crippen molar-refractivity contribution in [1.29, 1.82) is 5.26 Å². The Morgan fingerprint density at radius 2 is 1.83 bits per heavy atom. The monoisotopic (exact) mass is 180 g/mol. The highest BCUT2D eigenvalue weighted by Gasteiger charge is 2.12. The maximum atomic E-state index is 11.2. The Hall–Kier alpha value is -1.34. The van der Waals surface area contributed by atoms with Crippen LogP contribution in [0.4, 0.5) is 0 Å². The molecule has 1 aromatic rings. The van der Waals surface area contributed by atoms with Crippen LogP contribution in [-0.2, 0) is 9.84 Å². The van der Waals surface area contributed by atoms with E-state index in [9.17, 15) is 8.42 Å². The molecule has 0 aromatic heterocycles. The zero-order chi connectivity index (χ0) is 9.03. The first kappa shape index (κ1) is 8.75. The van der Waals surface area contributed by atoms with Crippen LogP contribution in [0.2, 0.25) is 0 Å². The lowest BCUT2D eigenvalue weighted by molar-refractivity contribution is 0.603. The van der Waals surface area contributed by atoms with Crippen molar-refractivity contribution in [3.8, 4) is 6.07 Å². The number of rotatable bonds is 2. The molecule has 4 heteroatoms. The lowest BCUT2D eigenvalue weighted by Crippen LogP contribution is -1.98. The molecule has 0 heterocycles. The van der Waals surface area contributed by atoms with E-state index >= 15 is 0 Å². The van der Waals surface area contributed by atoms with Crippen LogP contribution in [-0.4, -0.2) is 8.42 Å². The van der Waals surface area contributed by atoms with Gasteiger partial charge < -0.3 is 0 Å². The van der Waals surface area contributed by atoms with Crippen LogP contribution in [0.25, 0.3) is 0 Å². The lowest BCUT2D eigenvalue weighted by atomic mass is 10.4. The highest BCUT2D eigenvalue weighted by Crippen LogP contribution is 2.11. The van der Waals surface area contributed by atoms with Gasteiger partial charge in [-0.05, 0) is 12.1 Å². The summed E-state index contributed by atoms with van der Waals surface area (Å²) in [6, 6.07) is 9.32. The molecule has 1 radical (unpaired) electrons. The predicted molar refractivity (Wildman–Crippen MR) is 43.5 cm³/mol. The zero-order valence-electron chi connectivity index (χ0n) is 6.14. The summed E-state index contributed by atoms with van der Waals surface area (Å²) in [6.07, 6.45) is 0. The second-order valence-electron chi connectivity index (χ2n) is 2.11. The lowest BCUT2D eigenvalue weighted by Gasteiger charge is -1.96. The van der Waals surface area contributed by atoms with Crippen molar-refractivity contribution in [3.63, 3.8) is 0 Å². The Morgan fingerprint density at radius 1 is 1.25 bits per heavy atom. The van der Waals surface area contributed by atoms with E-state index in [1.54, 1.807) is 18.2 Å². The molecule has 0 N–H and O–H groups in total. The summed E-state index contributed by atoms with van der Waals surface area (Å²) in [5, 5.41) is 8.18. The summed E-state index contributed by atoms with van der Waals surface area (Å²) in [6.45, 7) is 0. The largest absolute Gasteiger partial charge is 0.222 e. The quantitative estimate of drug-likeness (QED) is 0.685. The van der Waals surface area contributed by atoms with Gasteiger partial charge in [0.25, 0.3) is 0 Å². The van der Waals surface area contributed by atoms with Crippen molar-refractivity contribution in [2.45, 2.75) is 4.90 Å². The summed E-state index contributed by atoms with van der Waals surface area (Å²) in [7, 11) is -3.50. The standard InChI is InChI=1S/C8H6NO2S/c9-6-7-12(10,11)8-4-2-1-3-5-8/h1-5,7H. The third kappa shape index (κ3) is 1.83. The Balaban J connectivity index is 3.09. The number of benzene rings is 1. The molecule has 0 bridgehead atoms. The highest BCUT2D eigenvalue weighted by molar-refractivity contribution is 7.93. The molecule has 1 aromatic carbocycles. The van der Waals surface area contributed by atoms with Crippen molar-refractivity contribution >= 4 is 9.84 Å². The van der Waals surface area contributed by atoms with Gasteiger partial charge in [-0.1, -0.05) is 18.2 Å². The van der Waals surface area contributed by atoms with E-state index in [0.29, 0.717) is 5.75 Å². The van der Waals surface area contributed by atoms with Crippen LogP contribution in [0, 0.1) is 17.1 Å². The van der Waals surface area contributed by atoms with Crippen LogP contribution >= 0.6 is 0 Å². The van der Waals surface area contributed by atoms with Gasteiger partial charge in [-0.25, -0.2) is 8.42 Å². The molecular formula is C8H6NO2S. The molecule has 3 nitrogen and oxygen atoms in total. The van der Waals surface area contributed by atoms with E-state index in [-0.39, 0.29) is 4.90 Å². The smallest absolute Gasteiger partial charge is 0.196 e. The molecule has 0 unspecified atom stereocenters. The molecule has 0 atom stereocenters.